The van der Waals surface area contributed by atoms with Gasteiger partial charge in [0.1, 0.15) is 4.21 Å². The predicted octanol–water partition coefficient (Wildman–Crippen LogP) is 1.05. The topological polar surface area (TPSA) is 42.9 Å². The first-order chi connectivity index (χ1) is 4.72. The minimum absolute atomic E-state index is 0.155. The Hall–Kier alpha value is -0.290. The van der Waals surface area contributed by atoms with Crippen molar-refractivity contribution in [3.63, 3.8) is 0 Å². The van der Waals surface area contributed by atoms with E-state index >= 15 is 0 Å². The molecule has 0 aliphatic heterocycles. The van der Waals surface area contributed by atoms with E-state index in [2.05, 4.69) is 9.59 Å². The number of hydrogen-bond donors (Lipinski definition) is 0. The van der Waals surface area contributed by atoms with Gasteiger partial charge < -0.3 is 0 Å². The summed E-state index contributed by atoms with van der Waals surface area (Å²) in [5.74, 6) is 0. The van der Waals surface area contributed by atoms with Crippen LogP contribution in [0.1, 0.15) is 13.8 Å². The van der Waals surface area contributed by atoms with Crippen LogP contribution in [0.4, 0.5) is 0 Å². The quantitative estimate of drug-likeness (QED) is 0.676. The molecule has 10 heavy (non-hydrogen) atoms. The summed E-state index contributed by atoms with van der Waals surface area (Å²) in [7, 11) is -0.910. The van der Waals surface area contributed by atoms with E-state index in [1.54, 1.807) is 6.20 Å². The fraction of sp³-hybridized carbons (Fsp3) is 0.600. The van der Waals surface area contributed by atoms with Crippen molar-refractivity contribution in [1.82, 2.24) is 9.59 Å². The largest absolute Gasteiger partial charge is 0.253 e. The maximum atomic E-state index is 11.2. The maximum Gasteiger partial charge on any atom is 0.132 e. The SMILES string of the molecule is CC(C)[S@](=O)c1cnns1. The van der Waals surface area contributed by atoms with Gasteiger partial charge >= 0.3 is 0 Å². The highest BCUT2D eigenvalue weighted by Gasteiger charge is 2.09. The molecule has 0 unspecified atom stereocenters. The second-order valence-corrected chi connectivity index (χ2v) is 5.10. The highest BCUT2D eigenvalue weighted by Crippen LogP contribution is 2.12. The van der Waals surface area contributed by atoms with Gasteiger partial charge in [-0.25, -0.2) is 0 Å². The van der Waals surface area contributed by atoms with Gasteiger partial charge in [0.25, 0.3) is 0 Å². The summed E-state index contributed by atoms with van der Waals surface area (Å²) >= 11 is 1.20. The molecule has 0 fully saturated rings. The van der Waals surface area contributed by atoms with Crippen LogP contribution < -0.4 is 0 Å². The monoisotopic (exact) mass is 176 g/mol. The van der Waals surface area contributed by atoms with E-state index in [4.69, 9.17) is 0 Å². The molecule has 0 amide bonds. The molecule has 5 heteroatoms. The third kappa shape index (κ3) is 1.60. The highest BCUT2D eigenvalue weighted by atomic mass is 32.2. The van der Waals surface area contributed by atoms with Crippen LogP contribution in [0.2, 0.25) is 0 Å². The van der Waals surface area contributed by atoms with Crippen LogP contribution in [0, 0.1) is 0 Å². The van der Waals surface area contributed by atoms with Crippen molar-refractivity contribution in [3.8, 4) is 0 Å². The van der Waals surface area contributed by atoms with Crippen LogP contribution in [0.3, 0.4) is 0 Å². The molecule has 0 spiro atoms. The van der Waals surface area contributed by atoms with Gasteiger partial charge in [0.2, 0.25) is 0 Å². The number of nitrogens with zero attached hydrogens (tertiary/aromatic N) is 2. The molecular weight excluding hydrogens is 168 g/mol. The van der Waals surface area contributed by atoms with E-state index in [1.807, 2.05) is 13.8 Å². The Balaban J connectivity index is 2.78. The molecule has 0 aromatic carbocycles. The molecule has 0 saturated carbocycles. The highest BCUT2D eigenvalue weighted by molar-refractivity contribution is 7.87. The molecule has 1 rings (SSSR count). The Morgan fingerprint density at radius 2 is 2.40 bits per heavy atom. The summed E-state index contributed by atoms with van der Waals surface area (Å²) in [6.45, 7) is 3.83. The first-order valence-electron chi connectivity index (χ1n) is 2.89. The van der Waals surface area contributed by atoms with E-state index in [0.717, 1.165) is 4.21 Å². The minimum Gasteiger partial charge on any atom is -0.253 e. The molecule has 56 valence electrons. The summed E-state index contributed by atoms with van der Waals surface area (Å²) in [5, 5.41) is 3.76. The van der Waals surface area contributed by atoms with Crippen molar-refractivity contribution in [3.05, 3.63) is 6.20 Å². The van der Waals surface area contributed by atoms with Gasteiger partial charge in [-0.3, -0.25) is 4.21 Å². The Kier molecular flexibility index (Phi) is 2.50. The normalized spacial score (nSPS) is 13.9. The molecule has 1 aromatic heterocycles. The smallest absolute Gasteiger partial charge is 0.132 e. The van der Waals surface area contributed by atoms with Crippen LogP contribution in [0.25, 0.3) is 0 Å². The molecule has 1 aromatic rings. The van der Waals surface area contributed by atoms with Gasteiger partial charge in [-0.1, -0.05) is 18.3 Å². The molecule has 3 nitrogen and oxygen atoms in total. The lowest BCUT2D eigenvalue weighted by Gasteiger charge is -1.98. The molecule has 1 atom stereocenters. The Morgan fingerprint density at radius 1 is 1.70 bits per heavy atom. The molecule has 0 aliphatic rings. The average molecular weight is 176 g/mol. The van der Waals surface area contributed by atoms with Crippen molar-refractivity contribution < 1.29 is 4.21 Å². The lowest BCUT2D eigenvalue weighted by atomic mass is 10.6. The molecule has 0 bridgehead atoms. The van der Waals surface area contributed by atoms with Crippen LogP contribution in [0.15, 0.2) is 10.4 Å². The number of aromatic nitrogens is 2. The fourth-order valence-corrected chi connectivity index (χ4v) is 2.33. The van der Waals surface area contributed by atoms with Crippen molar-refractivity contribution >= 4 is 22.3 Å². The van der Waals surface area contributed by atoms with Gasteiger partial charge in [0.15, 0.2) is 0 Å². The van der Waals surface area contributed by atoms with E-state index in [9.17, 15) is 4.21 Å². The zero-order valence-electron chi connectivity index (χ0n) is 5.77. The minimum atomic E-state index is -0.910. The van der Waals surface area contributed by atoms with Crippen molar-refractivity contribution in [2.24, 2.45) is 0 Å². The Morgan fingerprint density at radius 3 is 2.80 bits per heavy atom. The van der Waals surface area contributed by atoms with Crippen LogP contribution in [-0.4, -0.2) is 19.0 Å². The second-order valence-electron chi connectivity index (χ2n) is 2.08. The number of rotatable bonds is 2. The van der Waals surface area contributed by atoms with E-state index in [1.165, 1.54) is 11.5 Å². The summed E-state index contributed by atoms with van der Waals surface area (Å²) in [4.78, 5) is 0. The van der Waals surface area contributed by atoms with E-state index in [0.29, 0.717) is 0 Å². The van der Waals surface area contributed by atoms with Crippen LogP contribution >= 0.6 is 11.5 Å². The lowest BCUT2D eigenvalue weighted by molar-refractivity contribution is 0.678. The second kappa shape index (κ2) is 3.21. The van der Waals surface area contributed by atoms with E-state index < -0.39 is 10.8 Å². The van der Waals surface area contributed by atoms with E-state index in [-0.39, 0.29) is 5.25 Å². The van der Waals surface area contributed by atoms with Crippen molar-refractivity contribution in [1.29, 1.82) is 0 Å². The van der Waals surface area contributed by atoms with Gasteiger partial charge in [-0.2, -0.15) is 0 Å². The first kappa shape index (κ1) is 7.81. The van der Waals surface area contributed by atoms with Crippen molar-refractivity contribution in [2.75, 3.05) is 0 Å². The molecule has 0 saturated heterocycles. The van der Waals surface area contributed by atoms with Gasteiger partial charge in [0.05, 0.1) is 17.0 Å². The third-order valence-corrected chi connectivity index (χ3v) is 3.50. The lowest BCUT2D eigenvalue weighted by Crippen LogP contribution is -2.03. The van der Waals surface area contributed by atoms with Crippen molar-refractivity contribution in [2.45, 2.75) is 23.3 Å². The molecule has 1 heterocycles. The third-order valence-electron chi connectivity index (χ3n) is 0.968. The summed E-state index contributed by atoms with van der Waals surface area (Å²) < 4.78 is 15.6. The standard InChI is InChI=1S/C5H8N2OS2/c1-4(2)10(8)5-3-6-7-9-5/h3-4H,1-2H3/t10-/m0/s1. The zero-order valence-corrected chi connectivity index (χ0v) is 7.41. The Bertz CT molecular complexity index is 220. The van der Waals surface area contributed by atoms with Crippen LogP contribution in [-0.2, 0) is 10.8 Å². The first-order valence-corrected chi connectivity index (χ1v) is 4.88. The molecule has 0 aliphatic carbocycles. The Labute approximate surface area is 66.1 Å². The maximum absolute atomic E-state index is 11.2. The molecule has 0 radical (unpaired) electrons. The summed E-state index contributed by atoms with van der Waals surface area (Å²) in [6, 6.07) is 0. The summed E-state index contributed by atoms with van der Waals surface area (Å²) in [6.07, 6.45) is 1.56. The molecular formula is C5H8N2OS2. The predicted molar refractivity (Wildman–Crippen MR) is 41.5 cm³/mol. The fourth-order valence-electron chi connectivity index (χ4n) is 0.479. The van der Waals surface area contributed by atoms with Gasteiger partial charge in [0, 0.05) is 5.25 Å². The summed E-state index contributed by atoms with van der Waals surface area (Å²) in [5.41, 5.74) is 0. The zero-order chi connectivity index (χ0) is 7.56. The number of hydrogen-bond acceptors (Lipinski definition) is 4. The van der Waals surface area contributed by atoms with Gasteiger partial charge in [-0.05, 0) is 11.5 Å². The average Bonchev–Trinajstić information content (AvgIpc) is 2.36. The van der Waals surface area contributed by atoms with Crippen LogP contribution in [0.5, 0.6) is 0 Å². The molecule has 0 N–H and O–H groups in total. The van der Waals surface area contributed by atoms with Gasteiger partial charge in [-0.15, -0.1) is 5.10 Å².